The molecule has 0 saturated heterocycles. The van der Waals surface area contributed by atoms with Gasteiger partial charge in [-0.05, 0) is 43.6 Å². The molecule has 0 bridgehead atoms. The molecular weight excluding hydrogens is 296 g/mol. The highest BCUT2D eigenvalue weighted by molar-refractivity contribution is 7.80. The van der Waals surface area contributed by atoms with E-state index >= 15 is 0 Å². The molecule has 1 aliphatic carbocycles. The summed E-state index contributed by atoms with van der Waals surface area (Å²) in [4.78, 5) is 11.8. The van der Waals surface area contributed by atoms with Gasteiger partial charge in [-0.15, -0.1) is 0 Å². The van der Waals surface area contributed by atoms with E-state index in [1.807, 2.05) is 30.3 Å². The molecule has 120 valence electrons. The molecule has 22 heavy (non-hydrogen) atoms. The molecule has 1 aromatic rings. The van der Waals surface area contributed by atoms with E-state index in [4.69, 9.17) is 17.0 Å². The third kappa shape index (κ3) is 6.43. The Balaban J connectivity index is 1.56. The summed E-state index contributed by atoms with van der Waals surface area (Å²) in [5.41, 5.74) is 0. The second kappa shape index (κ2) is 9.41. The van der Waals surface area contributed by atoms with Crippen LogP contribution in [0.3, 0.4) is 0 Å². The molecule has 0 unspecified atom stereocenters. The van der Waals surface area contributed by atoms with Gasteiger partial charge >= 0.3 is 0 Å². The lowest BCUT2D eigenvalue weighted by Gasteiger charge is -2.24. The Labute approximate surface area is 137 Å². The maximum absolute atomic E-state index is 11.8. The average molecular weight is 320 g/mol. The summed E-state index contributed by atoms with van der Waals surface area (Å²) >= 11 is 5.19. The summed E-state index contributed by atoms with van der Waals surface area (Å²) in [5.74, 6) is 0.780. The zero-order chi connectivity index (χ0) is 15.6. The number of rotatable bonds is 6. The van der Waals surface area contributed by atoms with Crippen molar-refractivity contribution in [1.82, 2.24) is 10.6 Å². The summed E-state index contributed by atoms with van der Waals surface area (Å²) in [5, 5.41) is 6.45. The molecule has 2 N–H and O–H groups in total. The number of para-hydroxylation sites is 1. The number of hydrogen-bond acceptors (Lipinski definition) is 3. The van der Waals surface area contributed by atoms with Crippen molar-refractivity contribution in [2.75, 3.05) is 6.61 Å². The second-order valence-corrected chi connectivity index (χ2v) is 6.03. The number of hydrogen-bond donors (Lipinski definition) is 2. The normalized spacial score (nSPS) is 15.1. The summed E-state index contributed by atoms with van der Waals surface area (Å²) in [6.07, 6.45) is 7.16. The van der Waals surface area contributed by atoms with Crippen molar-refractivity contribution >= 4 is 23.2 Å². The minimum atomic E-state index is -0.0510. The van der Waals surface area contributed by atoms with E-state index in [0.717, 1.165) is 18.6 Å². The maximum atomic E-state index is 11.8. The van der Waals surface area contributed by atoms with Crippen LogP contribution in [-0.2, 0) is 4.79 Å². The minimum Gasteiger partial charge on any atom is -0.494 e. The van der Waals surface area contributed by atoms with Gasteiger partial charge in [0.25, 0.3) is 0 Å². The predicted molar refractivity (Wildman–Crippen MR) is 91.9 cm³/mol. The van der Waals surface area contributed by atoms with E-state index in [1.54, 1.807) is 0 Å². The quantitative estimate of drug-likeness (QED) is 0.624. The number of benzene rings is 1. The summed E-state index contributed by atoms with van der Waals surface area (Å²) in [7, 11) is 0. The standard InChI is InChI=1S/C17H24N2O2S/c20-16(12-7-13-21-15-10-5-2-6-11-15)19-17(22)18-14-8-3-1-4-9-14/h2,5-6,10-11,14H,1,3-4,7-9,12-13H2,(H2,18,19,20,22). The lowest BCUT2D eigenvalue weighted by molar-refractivity contribution is -0.119. The van der Waals surface area contributed by atoms with Crippen molar-refractivity contribution in [2.24, 2.45) is 0 Å². The molecule has 0 aliphatic heterocycles. The van der Waals surface area contributed by atoms with Crippen LogP contribution in [0.2, 0.25) is 0 Å². The van der Waals surface area contributed by atoms with E-state index in [-0.39, 0.29) is 5.91 Å². The van der Waals surface area contributed by atoms with Crippen LogP contribution in [0.4, 0.5) is 0 Å². The Bertz CT molecular complexity index is 473. The van der Waals surface area contributed by atoms with Gasteiger partial charge in [0, 0.05) is 12.5 Å². The van der Waals surface area contributed by atoms with E-state index in [0.29, 0.717) is 30.6 Å². The summed E-state index contributed by atoms with van der Waals surface area (Å²) in [6, 6.07) is 10.0. The fourth-order valence-electron chi connectivity index (χ4n) is 2.60. The molecule has 0 radical (unpaired) electrons. The number of ether oxygens (including phenoxy) is 1. The Morgan fingerprint density at radius 2 is 1.91 bits per heavy atom. The number of thiocarbonyl (C=S) groups is 1. The van der Waals surface area contributed by atoms with Gasteiger partial charge in [-0.25, -0.2) is 0 Å². The number of amides is 1. The predicted octanol–water partition coefficient (Wildman–Crippen LogP) is 3.17. The van der Waals surface area contributed by atoms with Gasteiger partial charge in [0.15, 0.2) is 5.11 Å². The molecule has 1 fully saturated rings. The van der Waals surface area contributed by atoms with Crippen LogP contribution >= 0.6 is 12.2 Å². The topological polar surface area (TPSA) is 50.4 Å². The average Bonchev–Trinajstić information content (AvgIpc) is 2.53. The molecule has 0 spiro atoms. The summed E-state index contributed by atoms with van der Waals surface area (Å²) < 4.78 is 5.55. The van der Waals surface area contributed by atoms with Crippen molar-refractivity contribution < 1.29 is 9.53 Å². The lowest BCUT2D eigenvalue weighted by Crippen LogP contribution is -2.45. The molecule has 1 amide bonds. The van der Waals surface area contributed by atoms with E-state index < -0.39 is 0 Å². The largest absolute Gasteiger partial charge is 0.494 e. The number of nitrogens with one attached hydrogen (secondary N) is 2. The number of carbonyl (C=O) groups excluding carboxylic acids is 1. The van der Waals surface area contributed by atoms with Crippen molar-refractivity contribution in [2.45, 2.75) is 51.0 Å². The molecule has 0 aromatic heterocycles. The van der Waals surface area contributed by atoms with Gasteiger partial charge in [0.05, 0.1) is 6.61 Å². The van der Waals surface area contributed by atoms with E-state index in [9.17, 15) is 4.79 Å². The SMILES string of the molecule is O=C(CCCOc1ccccc1)NC(=S)NC1CCCCC1. The zero-order valence-electron chi connectivity index (χ0n) is 12.8. The molecule has 0 atom stereocenters. The van der Waals surface area contributed by atoms with Crippen molar-refractivity contribution in [3.8, 4) is 5.75 Å². The van der Waals surface area contributed by atoms with Crippen molar-refractivity contribution in [1.29, 1.82) is 0 Å². The van der Waals surface area contributed by atoms with Crippen LogP contribution in [0.5, 0.6) is 5.75 Å². The van der Waals surface area contributed by atoms with Crippen LogP contribution in [0.15, 0.2) is 30.3 Å². The van der Waals surface area contributed by atoms with Gasteiger partial charge in [-0.2, -0.15) is 0 Å². The monoisotopic (exact) mass is 320 g/mol. The smallest absolute Gasteiger partial charge is 0.226 e. The third-order valence-corrected chi connectivity index (χ3v) is 3.97. The Morgan fingerprint density at radius 3 is 2.64 bits per heavy atom. The molecule has 2 rings (SSSR count). The van der Waals surface area contributed by atoms with E-state index in [1.165, 1.54) is 19.3 Å². The third-order valence-electron chi connectivity index (χ3n) is 3.75. The van der Waals surface area contributed by atoms with Crippen LogP contribution in [0.25, 0.3) is 0 Å². The van der Waals surface area contributed by atoms with Crippen LogP contribution < -0.4 is 15.4 Å². The van der Waals surface area contributed by atoms with Gasteiger partial charge < -0.3 is 15.4 Å². The summed E-state index contributed by atoms with van der Waals surface area (Å²) in [6.45, 7) is 0.528. The molecule has 0 heterocycles. The van der Waals surface area contributed by atoms with Crippen molar-refractivity contribution in [3.05, 3.63) is 30.3 Å². The fourth-order valence-corrected chi connectivity index (χ4v) is 2.88. The van der Waals surface area contributed by atoms with Crippen molar-refractivity contribution in [3.63, 3.8) is 0 Å². The van der Waals surface area contributed by atoms with Crippen LogP contribution in [0, 0.1) is 0 Å². The van der Waals surface area contributed by atoms with Gasteiger partial charge in [-0.1, -0.05) is 37.5 Å². The van der Waals surface area contributed by atoms with Gasteiger partial charge in [0.2, 0.25) is 5.91 Å². The number of carbonyl (C=O) groups is 1. The van der Waals surface area contributed by atoms with Gasteiger partial charge in [-0.3, -0.25) is 4.79 Å². The molecule has 1 aliphatic rings. The second-order valence-electron chi connectivity index (χ2n) is 5.62. The van der Waals surface area contributed by atoms with Crippen LogP contribution in [0.1, 0.15) is 44.9 Å². The molecular formula is C17H24N2O2S. The van der Waals surface area contributed by atoms with Crippen LogP contribution in [-0.4, -0.2) is 23.7 Å². The molecule has 4 nitrogen and oxygen atoms in total. The highest BCUT2D eigenvalue weighted by atomic mass is 32.1. The molecule has 5 heteroatoms. The highest BCUT2D eigenvalue weighted by Crippen LogP contribution is 2.17. The first-order chi connectivity index (χ1) is 10.7. The Morgan fingerprint density at radius 1 is 1.18 bits per heavy atom. The Hall–Kier alpha value is -1.62. The highest BCUT2D eigenvalue weighted by Gasteiger charge is 2.14. The Kier molecular flexibility index (Phi) is 7.16. The first kappa shape index (κ1) is 16.7. The molecule has 1 aromatic carbocycles. The van der Waals surface area contributed by atoms with E-state index in [2.05, 4.69) is 10.6 Å². The molecule has 1 saturated carbocycles. The zero-order valence-corrected chi connectivity index (χ0v) is 13.7. The van der Waals surface area contributed by atoms with Gasteiger partial charge in [0.1, 0.15) is 5.75 Å². The lowest BCUT2D eigenvalue weighted by atomic mass is 9.96. The fraction of sp³-hybridized carbons (Fsp3) is 0.529. The maximum Gasteiger partial charge on any atom is 0.226 e. The minimum absolute atomic E-state index is 0.0510. The first-order valence-corrected chi connectivity index (χ1v) is 8.43. The first-order valence-electron chi connectivity index (χ1n) is 8.02.